The maximum absolute atomic E-state index is 12.9. The van der Waals surface area contributed by atoms with Crippen LogP contribution in [0.4, 0.5) is 9.18 Å². The van der Waals surface area contributed by atoms with Crippen LogP contribution in [0.3, 0.4) is 0 Å². The van der Waals surface area contributed by atoms with Gasteiger partial charge in [0.1, 0.15) is 11.9 Å². The molecule has 1 aliphatic rings. The van der Waals surface area contributed by atoms with Crippen LogP contribution in [0.2, 0.25) is 0 Å². The van der Waals surface area contributed by atoms with E-state index in [-0.39, 0.29) is 23.8 Å². The minimum atomic E-state index is -0.431. The molecule has 114 valence electrons. The Bertz CT molecular complexity index is 518. The fourth-order valence-electron chi connectivity index (χ4n) is 2.47. The van der Waals surface area contributed by atoms with Crippen LogP contribution >= 0.6 is 0 Å². The summed E-state index contributed by atoms with van der Waals surface area (Å²) < 4.78 is 12.9. The molecule has 5 nitrogen and oxygen atoms in total. The first-order valence-corrected chi connectivity index (χ1v) is 7.13. The molecule has 0 radical (unpaired) electrons. The molecule has 0 bridgehead atoms. The zero-order valence-corrected chi connectivity index (χ0v) is 12.2. The summed E-state index contributed by atoms with van der Waals surface area (Å²) in [7, 11) is 0. The Hall–Kier alpha value is -2.11. The van der Waals surface area contributed by atoms with Gasteiger partial charge in [0.15, 0.2) is 0 Å². The zero-order chi connectivity index (χ0) is 15.4. The molecule has 1 fully saturated rings. The Morgan fingerprint density at radius 2 is 2.14 bits per heavy atom. The predicted octanol–water partition coefficient (Wildman–Crippen LogP) is 1.81. The molecule has 3 amide bonds. The Kier molecular flexibility index (Phi) is 4.77. The number of rotatable bonds is 3. The molecule has 1 aromatic rings. The Balaban J connectivity index is 2.02. The summed E-state index contributed by atoms with van der Waals surface area (Å²) in [5.41, 5.74) is 0.819. The maximum atomic E-state index is 12.9. The predicted molar refractivity (Wildman–Crippen MR) is 77.1 cm³/mol. The quantitative estimate of drug-likeness (QED) is 0.893. The van der Waals surface area contributed by atoms with Gasteiger partial charge in [0.05, 0.1) is 6.04 Å². The number of halogens is 1. The van der Waals surface area contributed by atoms with Crippen LogP contribution in [0.25, 0.3) is 0 Å². The highest BCUT2D eigenvalue weighted by Crippen LogP contribution is 2.15. The number of amides is 3. The number of hydrogen-bond acceptors (Lipinski definition) is 2. The van der Waals surface area contributed by atoms with E-state index in [9.17, 15) is 14.0 Å². The van der Waals surface area contributed by atoms with E-state index < -0.39 is 6.04 Å². The van der Waals surface area contributed by atoms with Gasteiger partial charge >= 0.3 is 6.03 Å². The van der Waals surface area contributed by atoms with Crippen molar-refractivity contribution in [3.05, 3.63) is 35.6 Å². The lowest BCUT2D eigenvalue weighted by Gasteiger charge is -2.35. The van der Waals surface area contributed by atoms with Gasteiger partial charge in [-0.25, -0.2) is 9.18 Å². The van der Waals surface area contributed by atoms with E-state index in [1.165, 1.54) is 12.1 Å². The molecule has 0 aliphatic carbocycles. The van der Waals surface area contributed by atoms with E-state index in [0.29, 0.717) is 19.5 Å². The van der Waals surface area contributed by atoms with E-state index in [2.05, 4.69) is 10.6 Å². The minimum absolute atomic E-state index is 0.117. The van der Waals surface area contributed by atoms with Crippen LogP contribution in [0, 0.1) is 5.82 Å². The lowest BCUT2D eigenvalue weighted by atomic mass is 10.1. The van der Waals surface area contributed by atoms with Gasteiger partial charge in [-0.05, 0) is 31.0 Å². The second kappa shape index (κ2) is 6.56. The molecular formula is C15H20FN3O2. The van der Waals surface area contributed by atoms with Crippen LogP contribution in [-0.2, 0) is 4.79 Å². The van der Waals surface area contributed by atoms with E-state index in [4.69, 9.17) is 0 Å². The number of benzene rings is 1. The van der Waals surface area contributed by atoms with Crippen LogP contribution in [0.1, 0.15) is 31.9 Å². The number of piperazine rings is 1. The lowest BCUT2D eigenvalue weighted by molar-refractivity contribution is -0.127. The fraction of sp³-hybridized carbons (Fsp3) is 0.467. The topological polar surface area (TPSA) is 61.4 Å². The smallest absolute Gasteiger partial charge is 0.318 e. The third-order valence-electron chi connectivity index (χ3n) is 3.69. The number of urea groups is 1. The molecule has 6 heteroatoms. The number of hydrogen-bond donors (Lipinski definition) is 2. The van der Waals surface area contributed by atoms with Crippen molar-refractivity contribution >= 4 is 11.9 Å². The van der Waals surface area contributed by atoms with Crippen LogP contribution < -0.4 is 10.6 Å². The van der Waals surface area contributed by atoms with Gasteiger partial charge in [0.25, 0.3) is 0 Å². The van der Waals surface area contributed by atoms with Gasteiger partial charge in [-0.2, -0.15) is 0 Å². The summed E-state index contributed by atoms with van der Waals surface area (Å²) in [5, 5.41) is 5.61. The minimum Gasteiger partial charge on any atom is -0.353 e. The Morgan fingerprint density at radius 3 is 2.76 bits per heavy atom. The normalized spacial score (nSPS) is 19.9. The third kappa shape index (κ3) is 3.51. The van der Waals surface area contributed by atoms with Gasteiger partial charge in [-0.3, -0.25) is 4.79 Å². The van der Waals surface area contributed by atoms with Crippen LogP contribution in [0.5, 0.6) is 0 Å². The van der Waals surface area contributed by atoms with Crippen molar-refractivity contribution in [2.24, 2.45) is 0 Å². The summed E-state index contributed by atoms with van der Waals surface area (Å²) in [6, 6.07) is 5.05. The van der Waals surface area contributed by atoms with Gasteiger partial charge < -0.3 is 15.5 Å². The highest BCUT2D eigenvalue weighted by atomic mass is 19.1. The summed E-state index contributed by atoms with van der Waals surface area (Å²) in [6.45, 7) is 4.66. The highest BCUT2D eigenvalue weighted by molar-refractivity contribution is 5.88. The van der Waals surface area contributed by atoms with Crippen molar-refractivity contribution in [3.8, 4) is 0 Å². The van der Waals surface area contributed by atoms with Gasteiger partial charge in [-0.15, -0.1) is 0 Å². The molecule has 0 aromatic heterocycles. The van der Waals surface area contributed by atoms with Crippen LogP contribution in [0.15, 0.2) is 24.3 Å². The summed E-state index contributed by atoms with van der Waals surface area (Å²) in [5.74, 6) is -0.427. The van der Waals surface area contributed by atoms with E-state index in [0.717, 1.165) is 5.56 Å². The van der Waals surface area contributed by atoms with E-state index in [1.54, 1.807) is 17.0 Å². The molecular weight excluding hydrogens is 273 g/mol. The Labute approximate surface area is 123 Å². The molecule has 2 unspecified atom stereocenters. The molecule has 1 aliphatic heterocycles. The Morgan fingerprint density at radius 1 is 1.48 bits per heavy atom. The van der Waals surface area contributed by atoms with Gasteiger partial charge in [0.2, 0.25) is 5.91 Å². The van der Waals surface area contributed by atoms with Crippen molar-refractivity contribution in [3.63, 3.8) is 0 Å². The first-order valence-electron chi connectivity index (χ1n) is 7.13. The lowest BCUT2D eigenvalue weighted by Crippen LogP contribution is -2.59. The first kappa shape index (κ1) is 15.3. The molecule has 1 aromatic carbocycles. The van der Waals surface area contributed by atoms with E-state index >= 15 is 0 Å². The second-order valence-corrected chi connectivity index (χ2v) is 5.13. The monoisotopic (exact) mass is 293 g/mol. The van der Waals surface area contributed by atoms with Gasteiger partial charge in [-0.1, -0.05) is 19.1 Å². The molecule has 2 rings (SSSR count). The average molecular weight is 293 g/mol. The molecule has 21 heavy (non-hydrogen) atoms. The standard InChI is InChI=1S/C15H20FN3O2/c1-3-13-14(20)17-8-9-19(13)15(21)18-10(2)11-4-6-12(16)7-5-11/h4-7,10,13H,3,8-9H2,1-2H3,(H,17,20)(H,18,21). The molecule has 1 saturated heterocycles. The highest BCUT2D eigenvalue weighted by Gasteiger charge is 2.32. The number of carbonyl (C=O) groups excluding carboxylic acids is 2. The largest absolute Gasteiger partial charge is 0.353 e. The van der Waals surface area contributed by atoms with Crippen LogP contribution in [-0.4, -0.2) is 36.0 Å². The number of nitrogens with zero attached hydrogens (tertiary/aromatic N) is 1. The number of carbonyl (C=O) groups is 2. The molecule has 2 atom stereocenters. The van der Waals surface area contributed by atoms with E-state index in [1.807, 2.05) is 13.8 Å². The maximum Gasteiger partial charge on any atom is 0.318 e. The average Bonchev–Trinajstić information content (AvgIpc) is 2.47. The third-order valence-corrected chi connectivity index (χ3v) is 3.69. The summed E-state index contributed by atoms with van der Waals surface area (Å²) in [4.78, 5) is 25.6. The fourth-order valence-corrected chi connectivity index (χ4v) is 2.47. The molecule has 1 heterocycles. The first-order chi connectivity index (χ1) is 10.0. The van der Waals surface area contributed by atoms with Crippen molar-refractivity contribution in [1.29, 1.82) is 0 Å². The van der Waals surface area contributed by atoms with Crippen molar-refractivity contribution < 1.29 is 14.0 Å². The van der Waals surface area contributed by atoms with Crippen molar-refractivity contribution in [1.82, 2.24) is 15.5 Å². The molecule has 0 saturated carbocycles. The SMILES string of the molecule is CCC1C(=O)NCCN1C(=O)NC(C)c1ccc(F)cc1. The summed E-state index contributed by atoms with van der Waals surface area (Å²) in [6.07, 6.45) is 0.574. The molecule has 0 spiro atoms. The zero-order valence-electron chi connectivity index (χ0n) is 12.2. The van der Waals surface area contributed by atoms with Crippen molar-refractivity contribution in [2.45, 2.75) is 32.4 Å². The van der Waals surface area contributed by atoms with Crippen molar-refractivity contribution in [2.75, 3.05) is 13.1 Å². The molecule has 2 N–H and O–H groups in total. The van der Waals surface area contributed by atoms with Gasteiger partial charge in [0, 0.05) is 13.1 Å². The second-order valence-electron chi connectivity index (χ2n) is 5.13. The summed E-state index contributed by atoms with van der Waals surface area (Å²) >= 11 is 0. The number of nitrogens with one attached hydrogen (secondary N) is 2.